The summed E-state index contributed by atoms with van der Waals surface area (Å²) in [6.07, 6.45) is -4.84. The number of alkyl halides is 3. The maximum absolute atomic E-state index is 12.9. The Kier molecular flexibility index (Phi) is 3.93. The number of benzene rings is 1. The quantitative estimate of drug-likeness (QED) is 0.380. The molecule has 1 aromatic rings. The fourth-order valence-corrected chi connectivity index (χ4v) is 1.24. The normalized spacial score (nSPS) is 13.0. The Balaban J connectivity index is 3.25. The lowest BCUT2D eigenvalue weighted by Crippen LogP contribution is -2.10. The molecule has 0 saturated heterocycles. The standard InChI is InChI=1S/C9H7F4N3O/c10-7-2-1-5(8(4-17)15-16-14)3-6(7)9(11,12)13/h1-3,8,17H,4H2. The van der Waals surface area contributed by atoms with Crippen LogP contribution in [0.15, 0.2) is 23.3 Å². The van der Waals surface area contributed by atoms with E-state index in [1.165, 1.54) is 0 Å². The molecule has 8 heteroatoms. The fraction of sp³-hybridized carbons (Fsp3) is 0.333. The first-order valence-electron chi connectivity index (χ1n) is 4.42. The van der Waals surface area contributed by atoms with Crippen molar-refractivity contribution >= 4 is 0 Å². The second-order valence-corrected chi connectivity index (χ2v) is 3.14. The Morgan fingerprint density at radius 3 is 2.53 bits per heavy atom. The van der Waals surface area contributed by atoms with Gasteiger partial charge in [-0.3, -0.25) is 0 Å². The number of halogens is 4. The van der Waals surface area contributed by atoms with Gasteiger partial charge in [-0.1, -0.05) is 11.2 Å². The third-order valence-electron chi connectivity index (χ3n) is 2.04. The maximum Gasteiger partial charge on any atom is 0.419 e. The topological polar surface area (TPSA) is 69.0 Å². The number of aliphatic hydroxyl groups excluding tert-OH is 1. The van der Waals surface area contributed by atoms with Crippen molar-refractivity contribution in [2.75, 3.05) is 6.61 Å². The summed E-state index contributed by atoms with van der Waals surface area (Å²) < 4.78 is 50.1. The van der Waals surface area contributed by atoms with E-state index < -0.39 is 30.2 Å². The minimum Gasteiger partial charge on any atom is -0.396 e. The zero-order chi connectivity index (χ0) is 13.1. The minimum absolute atomic E-state index is 0.0981. The molecule has 0 aliphatic carbocycles. The Hall–Kier alpha value is -1.79. The lowest BCUT2D eigenvalue weighted by atomic mass is 10.0. The summed E-state index contributed by atoms with van der Waals surface area (Å²) in [7, 11) is 0. The molecular weight excluding hydrogens is 242 g/mol. The van der Waals surface area contributed by atoms with Crippen LogP contribution in [0.1, 0.15) is 17.2 Å². The van der Waals surface area contributed by atoms with Crippen LogP contribution in [-0.4, -0.2) is 11.7 Å². The van der Waals surface area contributed by atoms with Crippen molar-refractivity contribution in [2.45, 2.75) is 12.2 Å². The third-order valence-corrected chi connectivity index (χ3v) is 2.04. The van der Waals surface area contributed by atoms with Crippen molar-refractivity contribution in [3.8, 4) is 0 Å². The number of rotatable bonds is 3. The van der Waals surface area contributed by atoms with Gasteiger partial charge in [-0.2, -0.15) is 13.2 Å². The first-order valence-corrected chi connectivity index (χ1v) is 4.42. The van der Waals surface area contributed by atoms with Crippen molar-refractivity contribution in [2.24, 2.45) is 5.11 Å². The van der Waals surface area contributed by atoms with Crippen LogP contribution in [0.25, 0.3) is 10.4 Å². The molecule has 0 amide bonds. The van der Waals surface area contributed by atoms with Crippen LogP contribution in [0.2, 0.25) is 0 Å². The molecule has 0 saturated carbocycles. The molecule has 0 aliphatic rings. The van der Waals surface area contributed by atoms with Gasteiger partial charge in [0.15, 0.2) is 0 Å². The van der Waals surface area contributed by atoms with Crippen molar-refractivity contribution in [1.82, 2.24) is 0 Å². The molecule has 1 N–H and O–H groups in total. The van der Waals surface area contributed by atoms with E-state index in [2.05, 4.69) is 10.0 Å². The fourth-order valence-electron chi connectivity index (χ4n) is 1.24. The molecule has 0 aromatic heterocycles. The summed E-state index contributed by atoms with van der Waals surface area (Å²) in [6.45, 7) is -0.660. The zero-order valence-electron chi connectivity index (χ0n) is 8.32. The van der Waals surface area contributed by atoms with Crippen molar-refractivity contribution in [1.29, 1.82) is 0 Å². The molecule has 1 rings (SSSR count). The largest absolute Gasteiger partial charge is 0.419 e. The summed E-state index contributed by atoms with van der Waals surface area (Å²) in [4.78, 5) is 2.39. The molecule has 0 heterocycles. The number of azide groups is 1. The molecule has 92 valence electrons. The first-order chi connectivity index (χ1) is 7.90. The van der Waals surface area contributed by atoms with Gasteiger partial charge in [0.05, 0.1) is 18.2 Å². The van der Waals surface area contributed by atoms with E-state index in [0.29, 0.717) is 12.1 Å². The van der Waals surface area contributed by atoms with Crippen molar-refractivity contribution in [3.63, 3.8) is 0 Å². The summed E-state index contributed by atoms with van der Waals surface area (Å²) in [6, 6.07) is 1.00. The summed E-state index contributed by atoms with van der Waals surface area (Å²) in [5.41, 5.74) is 6.61. The minimum atomic E-state index is -4.84. The van der Waals surface area contributed by atoms with E-state index in [9.17, 15) is 17.6 Å². The van der Waals surface area contributed by atoms with Gasteiger partial charge in [0.1, 0.15) is 5.82 Å². The molecule has 0 radical (unpaired) electrons. The molecule has 0 aliphatic heterocycles. The average Bonchev–Trinajstić information content (AvgIpc) is 2.25. The summed E-state index contributed by atoms with van der Waals surface area (Å²) >= 11 is 0. The van der Waals surface area contributed by atoms with Gasteiger partial charge in [0, 0.05) is 4.91 Å². The van der Waals surface area contributed by atoms with E-state index in [0.717, 1.165) is 6.07 Å². The average molecular weight is 249 g/mol. The Labute approximate surface area is 93.1 Å². The summed E-state index contributed by atoms with van der Waals surface area (Å²) in [5, 5.41) is 11.9. The highest BCUT2D eigenvalue weighted by atomic mass is 19.4. The third kappa shape index (κ3) is 3.08. The highest BCUT2D eigenvalue weighted by Crippen LogP contribution is 2.33. The molecule has 0 spiro atoms. The zero-order valence-corrected chi connectivity index (χ0v) is 8.32. The Bertz CT molecular complexity index is 454. The second kappa shape index (κ2) is 5.03. The molecule has 0 bridgehead atoms. The number of aliphatic hydroxyl groups is 1. The Morgan fingerprint density at radius 1 is 1.41 bits per heavy atom. The van der Waals surface area contributed by atoms with Crippen LogP contribution in [0.4, 0.5) is 17.6 Å². The molecule has 1 aromatic carbocycles. The van der Waals surface area contributed by atoms with Crippen molar-refractivity contribution < 1.29 is 22.7 Å². The van der Waals surface area contributed by atoms with E-state index in [-0.39, 0.29) is 5.56 Å². The van der Waals surface area contributed by atoms with Crippen LogP contribution >= 0.6 is 0 Å². The predicted molar refractivity (Wildman–Crippen MR) is 50.4 cm³/mol. The lowest BCUT2D eigenvalue weighted by Gasteiger charge is -2.12. The maximum atomic E-state index is 12.9. The number of hydrogen-bond acceptors (Lipinski definition) is 2. The molecule has 1 atom stereocenters. The molecule has 4 nitrogen and oxygen atoms in total. The van der Waals surface area contributed by atoms with E-state index in [4.69, 9.17) is 10.6 Å². The van der Waals surface area contributed by atoms with Gasteiger partial charge in [0.2, 0.25) is 0 Å². The smallest absolute Gasteiger partial charge is 0.396 e. The monoisotopic (exact) mass is 249 g/mol. The first kappa shape index (κ1) is 13.3. The van der Waals surface area contributed by atoms with Crippen LogP contribution in [0.3, 0.4) is 0 Å². The van der Waals surface area contributed by atoms with Crippen LogP contribution in [0, 0.1) is 5.82 Å². The van der Waals surface area contributed by atoms with Gasteiger partial charge >= 0.3 is 6.18 Å². The second-order valence-electron chi connectivity index (χ2n) is 3.14. The van der Waals surface area contributed by atoms with Crippen LogP contribution in [0.5, 0.6) is 0 Å². The Morgan fingerprint density at radius 2 is 2.06 bits per heavy atom. The van der Waals surface area contributed by atoms with Gasteiger partial charge in [-0.05, 0) is 23.2 Å². The van der Waals surface area contributed by atoms with E-state index in [1.54, 1.807) is 0 Å². The molecule has 1 unspecified atom stereocenters. The number of nitrogens with zero attached hydrogens (tertiary/aromatic N) is 3. The van der Waals surface area contributed by atoms with Crippen molar-refractivity contribution in [3.05, 3.63) is 45.6 Å². The van der Waals surface area contributed by atoms with Gasteiger partial charge in [-0.15, -0.1) is 0 Å². The highest BCUT2D eigenvalue weighted by Gasteiger charge is 2.34. The van der Waals surface area contributed by atoms with E-state index in [1.807, 2.05) is 0 Å². The molecule has 0 fully saturated rings. The molecule has 17 heavy (non-hydrogen) atoms. The van der Waals surface area contributed by atoms with Gasteiger partial charge in [-0.25, -0.2) is 4.39 Å². The lowest BCUT2D eigenvalue weighted by molar-refractivity contribution is -0.140. The predicted octanol–water partition coefficient (Wildman–Crippen LogP) is 3.19. The number of hydrogen-bond donors (Lipinski definition) is 1. The molecular formula is C9H7F4N3O. The van der Waals surface area contributed by atoms with Gasteiger partial charge in [0.25, 0.3) is 0 Å². The van der Waals surface area contributed by atoms with Crippen LogP contribution < -0.4 is 0 Å². The van der Waals surface area contributed by atoms with Gasteiger partial charge < -0.3 is 5.11 Å². The van der Waals surface area contributed by atoms with Crippen LogP contribution in [-0.2, 0) is 6.18 Å². The highest BCUT2D eigenvalue weighted by molar-refractivity contribution is 5.29. The SMILES string of the molecule is [N-]=[N+]=NC(CO)c1ccc(F)c(C(F)(F)F)c1. The summed E-state index contributed by atoms with van der Waals surface area (Å²) in [5.74, 6) is -1.42. The van der Waals surface area contributed by atoms with E-state index >= 15 is 0 Å².